The Labute approximate surface area is 170 Å². The maximum atomic E-state index is 13.2. The van der Waals surface area contributed by atoms with Gasteiger partial charge in [-0.25, -0.2) is 4.68 Å². The highest BCUT2D eigenvalue weighted by Gasteiger charge is 2.39. The third-order valence-electron chi connectivity index (χ3n) is 5.12. The molecule has 4 rings (SSSR count). The fraction of sp³-hybridized carbons (Fsp3) is 0.318. The van der Waals surface area contributed by atoms with Crippen LogP contribution in [0.3, 0.4) is 0 Å². The summed E-state index contributed by atoms with van der Waals surface area (Å²) in [5.41, 5.74) is 2.08. The maximum Gasteiger partial charge on any atom is 0.231 e. The van der Waals surface area contributed by atoms with Crippen molar-refractivity contribution in [2.75, 3.05) is 4.90 Å². The molecule has 6 heteroatoms. The Hall–Kier alpha value is -2.66. The summed E-state index contributed by atoms with van der Waals surface area (Å²) in [4.78, 5) is 19.5. The summed E-state index contributed by atoms with van der Waals surface area (Å²) in [5.74, 6) is 0.910. The molecule has 2 aromatic carbocycles. The highest BCUT2D eigenvalue weighted by atomic mass is 35.5. The van der Waals surface area contributed by atoms with E-state index in [1.807, 2.05) is 52.0 Å². The van der Waals surface area contributed by atoms with E-state index in [9.17, 15) is 4.79 Å². The third kappa shape index (κ3) is 3.42. The van der Waals surface area contributed by atoms with E-state index in [-0.39, 0.29) is 23.9 Å². The number of anilines is 1. The zero-order chi connectivity index (χ0) is 19.7. The number of hydrogen-bond acceptors (Lipinski definition) is 3. The molecule has 28 heavy (non-hydrogen) atoms. The van der Waals surface area contributed by atoms with E-state index in [4.69, 9.17) is 11.6 Å². The van der Waals surface area contributed by atoms with Gasteiger partial charge in [-0.3, -0.25) is 9.69 Å². The van der Waals surface area contributed by atoms with Crippen LogP contribution in [0.1, 0.15) is 49.9 Å². The quantitative estimate of drug-likeness (QED) is 0.622. The number of rotatable bonds is 4. The summed E-state index contributed by atoms with van der Waals surface area (Å²) in [5, 5.41) is 5.15. The van der Waals surface area contributed by atoms with Crippen molar-refractivity contribution in [2.24, 2.45) is 5.92 Å². The van der Waals surface area contributed by atoms with Gasteiger partial charge in [0.25, 0.3) is 0 Å². The molecule has 0 aliphatic carbocycles. The van der Waals surface area contributed by atoms with Crippen LogP contribution in [0.15, 0.2) is 60.9 Å². The molecule has 0 N–H and O–H groups in total. The second kappa shape index (κ2) is 7.76. The SMILES string of the molecule is CC(C)CC(=O)N1c2ncnn2[C@@H](c2ccccc2Cl)C[C@H]1c1ccccc1. The Morgan fingerprint density at radius 3 is 2.54 bits per heavy atom. The minimum atomic E-state index is -0.120. The average Bonchev–Trinajstić information content (AvgIpc) is 3.17. The molecule has 1 aliphatic heterocycles. The van der Waals surface area contributed by atoms with Crippen LogP contribution in [0.2, 0.25) is 5.02 Å². The second-order valence-corrected chi connectivity index (χ2v) is 7.97. The van der Waals surface area contributed by atoms with Crippen LogP contribution in [0, 0.1) is 5.92 Å². The molecule has 1 amide bonds. The standard InChI is InChI=1S/C22H23ClN4O/c1-15(2)12-21(28)26-19(16-8-4-3-5-9-16)13-20(27-22(26)24-14-25-27)17-10-6-7-11-18(17)23/h3-11,14-15,19-20H,12-13H2,1-2H3/t19-,20+/m0/s1. The molecule has 0 saturated heterocycles. The van der Waals surface area contributed by atoms with E-state index in [2.05, 4.69) is 36.1 Å². The number of halogens is 1. The molecule has 3 aromatic rings. The molecule has 0 unspecified atom stereocenters. The van der Waals surface area contributed by atoms with Gasteiger partial charge in [-0.1, -0.05) is 74.0 Å². The molecular weight excluding hydrogens is 372 g/mol. The van der Waals surface area contributed by atoms with Gasteiger partial charge in [0, 0.05) is 11.4 Å². The lowest BCUT2D eigenvalue weighted by atomic mass is 9.91. The van der Waals surface area contributed by atoms with Crippen LogP contribution >= 0.6 is 11.6 Å². The zero-order valence-electron chi connectivity index (χ0n) is 16.0. The van der Waals surface area contributed by atoms with Crippen LogP contribution in [0.5, 0.6) is 0 Å². The van der Waals surface area contributed by atoms with Crippen LogP contribution in [-0.4, -0.2) is 20.7 Å². The first-order valence-corrected chi connectivity index (χ1v) is 9.95. The summed E-state index contributed by atoms with van der Waals surface area (Å²) >= 11 is 6.51. The number of carbonyl (C=O) groups excluding carboxylic acids is 1. The van der Waals surface area contributed by atoms with E-state index >= 15 is 0 Å². The first kappa shape index (κ1) is 18.7. The van der Waals surface area contributed by atoms with Gasteiger partial charge in [0.15, 0.2) is 0 Å². The van der Waals surface area contributed by atoms with Gasteiger partial charge in [0.2, 0.25) is 11.9 Å². The topological polar surface area (TPSA) is 51.0 Å². The molecule has 0 spiro atoms. The fourth-order valence-corrected chi connectivity index (χ4v) is 4.15. The second-order valence-electron chi connectivity index (χ2n) is 7.57. The monoisotopic (exact) mass is 394 g/mol. The van der Waals surface area contributed by atoms with Crippen LogP contribution in [-0.2, 0) is 4.79 Å². The molecule has 0 saturated carbocycles. The van der Waals surface area contributed by atoms with Crippen LogP contribution in [0.25, 0.3) is 0 Å². The molecule has 2 atom stereocenters. The highest BCUT2D eigenvalue weighted by Crippen LogP contribution is 2.43. The lowest BCUT2D eigenvalue weighted by Crippen LogP contribution is -2.43. The van der Waals surface area contributed by atoms with Crippen LogP contribution in [0.4, 0.5) is 5.95 Å². The van der Waals surface area contributed by atoms with Crippen molar-refractivity contribution >= 4 is 23.5 Å². The van der Waals surface area contributed by atoms with Crippen molar-refractivity contribution in [3.63, 3.8) is 0 Å². The van der Waals surface area contributed by atoms with Gasteiger partial charge in [0.1, 0.15) is 6.33 Å². The van der Waals surface area contributed by atoms with E-state index in [1.54, 1.807) is 0 Å². The van der Waals surface area contributed by atoms with E-state index in [0.29, 0.717) is 23.8 Å². The Morgan fingerprint density at radius 2 is 1.82 bits per heavy atom. The van der Waals surface area contributed by atoms with Crippen LogP contribution < -0.4 is 4.90 Å². The number of amides is 1. The lowest BCUT2D eigenvalue weighted by molar-refractivity contribution is -0.120. The molecule has 2 heterocycles. The van der Waals surface area contributed by atoms with Crippen molar-refractivity contribution in [1.29, 1.82) is 0 Å². The fourth-order valence-electron chi connectivity index (χ4n) is 3.89. The van der Waals surface area contributed by atoms with Gasteiger partial charge in [-0.2, -0.15) is 10.1 Å². The highest BCUT2D eigenvalue weighted by molar-refractivity contribution is 6.31. The lowest BCUT2D eigenvalue weighted by Gasteiger charge is -2.39. The van der Waals surface area contributed by atoms with Gasteiger partial charge < -0.3 is 0 Å². The van der Waals surface area contributed by atoms with Crippen molar-refractivity contribution in [3.05, 3.63) is 77.1 Å². The predicted molar refractivity (Wildman–Crippen MR) is 110 cm³/mol. The summed E-state index contributed by atoms with van der Waals surface area (Å²) in [6.45, 7) is 4.10. The molecule has 0 radical (unpaired) electrons. The van der Waals surface area contributed by atoms with Crippen molar-refractivity contribution in [2.45, 2.75) is 38.8 Å². The van der Waals surface area contributed by atoms with Crippen molar-refractivity contribution in [1.82, 2.24) is 14.8 Å². The average molecular weight is 395 g/mol. The minimum Gasteiger partial charge on any atom is -0.274 e. The smallest absolute Gasteiger partial charge is 0.231 e. The Balaban J connectivity index is 1.84. The van der Waals surface area contributed by atoms with Gasteiger partial charge >= 0.3 is 0 Å². The maximum absolute atomic E-state index is 13.2. The van der Waals surface area contributed by atoms with Gasteiger partial charge in [-0.05, 0) is 29.5 Å². The zero-order valence-corrected chi connectivity index (χ0v) is 16.8. The van der Waals surface area contributed by atoms with E-state index in [1.165, 1.54) is 6.33 Å². The van der Waals surface area contributed by atoms with Gasteiger partial charge in [-0.15, -0.1) is 0 Å². The molecule has 5 nitrogen and oxygen atoms in total. The largest absolute Gasteiger partial charge is 0.274 e. The summed E-state index contributed by atoms with van der Waals surface area (Å²) < 4.78 is 1.83. The van der Waals surface area contributed by atoms with E-state index < -0.39 is 0 Å². The molecule has 144 valence electrons. The number of fused-ring (bicyclic) bond motifs is 1. The summed E-state index contributed by atoms with van der Waals surface area (Å²) in [7, 11) is 0. The molecule has 1 aromatic heterocycles. The number of hydrogen-bond donors (Lipinski definition) is 0. The first-order valence-electron chi connectivity index (χ1n) is 9.57. The molecular formula is C22H23ClN4O. The number of nitrogens with zero attached hydrogens (tertiary/aromatic N) is 4. The Morgan fingerprint density at radius 1 is 1.11 bits per heavy atom. The Bertz CT molecular complexity index is 969. The van der Waals surface area contributed by atoms with Gasteiger partial charge in [0.05, 0.1) is 12.1 Å². The van der Waals surface area contributed by atoms with Crippen molar-refractivity contribution < 1.29 is 4.79 Å². The normalized spacial score (nSPS) is 18.9. The number of aromatic nitrogens is 3. The molecule has 0 fully saturated rings. The number of benzene rings is 2. The Kier molecular flexibility index (Phi) is 5.18. The minimum absolute atomic E-state index is 0.0655. The summed E-state index contributed by atoms with van der Waals surface area (Å²) in [6, 6.07) is 17.7. The van der Waals surface area contributed by atoms with E-state index in [0.717, 1.165) is 11.1 Å². The number of carbonyl (C=O) groups is 1. The summed E-state index contributed by atoms with van der Waals surface area (Å²) in [6.07, 6.45) is 2.67. The van der Waals surface area contributed by atoms with Crippen molar-refractivity contribution in [3.8, 4) is 0 Å². The molecule has 0 bridgehead atoms. The first-order chi connectivity index (χ1) is 13.6. The molecule has 1 aliphatic rings. The predicted octanol–water partition coefficient (Wildman–Crippen LogP) is 5.05. The third-order valence-corrected chi connectivity index (χ3v) is 5.47.